The molecule has 1 aromatic rings. The number of piperidine rings is 1. The van der Waals surface area contributed by atoms with Crippen LogP contribution >= 0.6 is 0 Å². The highest BCUT2D eigenvalue weighted by Gasteiger charge is 2.17. The minimum atomic E-state index is -3.70. The fourth-order valence-electron chi connectivity index (χ4n) is 2.40. The molecule has 0 saturated carbocycles. The number of anilines is 2. The first-order valence-electron chi connectivity index (χ1n) is 6.71. The zero-order chi connectivity index (χ0) is 14.8. The van der Waals surface area contributed by atoms with Crippen molar-refractivity contribution < 1.29 is 8.42 Å². The second kappa shape index (κ2) is 5.99. The van der Waals surface area contributed by atoms with Crippen LogP contribution in [0.4, 0.5) is 11.4 Å². The van der Waals surface area contributed by atoms with Crippen LogP contribution in [-0.4, -0.2) is 40.0 Å². The molecule has 6 nitrogen and oxygen atoms in total. The first kappa shape index (κ1) is 15.1. The predicted octanol–water partition coefficient (Wildman–Crippen LogP) is 0.670. The summed E-state index contributed by atoms with van der Waals surface area (Å²) in [5, 5.41) is 8.37. The van der Waals surface area contributed by atoms with Gasteiger partial charge in [0.25, 0.3) is 0 Å². The number of sulfonamides is 1. The molecule has 0 radical (unpaired) electrons. The molecule has 0 unspecified atom stereocenters. The van der Waals surface area contributed by atoms with Crippen molar-refractivity contribution in [2.24, 2.45) is 11.1 Å². The number of rotatable bonds is 4. The van der Waals surface area contributed by atoms with E-state index in [-0.39, 0.29) is 4.90 Å². The number of nitrogens with zero attached hydrogens (tertiary/aromatic N) is 1. The number of primary sulfonamides is 1. The highest BCUT2D eigenvalue weighted by atomic mass is 32.2. The smallest absolute Gasteiger partial charge is 0.238 e. The van der Waals surface area contributed by atoms with Gasteiger partial charge in [0.05, 0.1) is 16.3 Å². The summed E-state index contributed by atoms with van der Waals surface area (Å²) in [5.74, 6) is 0.628. The molecule has 0 spiro atoms. The van der Waals surface area contributed by atoms with Crippen molar-refractivity contribution in [2.75, 3.05) is 37.7 Å². The van der Waals surface area contributed by atoms with Crippen molar-refractivity contribution in [3.05, 3.63) is 18.2 Å². The van der Waals surface area contributed by atoms with Crippen LogP contribution in [0.5, 0.6) is 0 Å². The zero-order valence-corrected chi connectivity index (χ0v) is 12.5. The average molecular weight is 298 g/mol. The Morgan fingerprint density at radius 2 is 2.00 bits per heavy atom. The van der Waals surface area contributed by atoms with Crippen molar-refractivity contribution in [3.8, 4) is 0 Å². The molecule has 112 valence electrons. The number of hydrogen-bond donors (Lipinski definition) is 3. The van der Waals surface area contributed by atoms with E-state index in [2.05, 4.69) is 17.3 Å². The molecule has 1 heterocycles. The number of nitrogen functional groups attached to an aromatic ring is 1. The lowest BCUT2D eigenvalue weighted by Crippen LogP contribution is -2.33. The Morgan fingerprint density at radius 1 is 1.35 bits per heavy atom. The summed E-state index contributed by atoms with van der Waals surface area (Å²) in [4.78, 5) is 2.37. The largest absolute Gasteiger partial charge is 0.397 e. The highest BCUT2D eigenvalue weighted by molar-refractivity contribution is 7.89. The van der Waals surface area contributed by atoms with Gasteiger partial charge in [0.15, 0.2) is 0 Å². The quantitative estimate of drug-likeness (QED) is 0.709. The minimum absolute atomic E-state index is 0.0415. The standard InChI is InChI=1S/C13H22N4O2S/c1-17-6-4-10(5-7-17)9-16-13-3-2-11(8-12(13)14)20(15,18)19/h2-3,8,10,16H,4-7,9,14H2,1H3,(H2,15,18,19). The van der Waals surface area contributed by atoms with Gasteiger partial charge in [-0.1, -0.05) is 0 Å². The van der Waals surface area contributed by atoms with E-state index in [9.17, 15) is 8.42 Å². The Kier molecular flexibility index (Phi) is 4.52. The Labute approximate surface area is 120 Å². The maximum Gasteiger partial charge on any atom is 0.238 e. The van der Waals surface area contributed by atoms with Crippen molar-refractivity contribution >= 4 is 21.4 Å². The second-order valence-corrected chi connectivity index (χ2v) is 6.98. The monoisotopic (exact) mass is 298 g/mol. The van der Waals surface area contributed by atoms with Gasteiger partial charge in [-0.05, 0) is 57.1 Å². The summed E-state index contributed by atoms with van der Waals surface area (Å²) >= 11 is 0. The van der Waals surface area contributed by atoms with E-state index < -0.39 is 10.0 Å². The lowest BCUT2D eigenvalue weighted by atomic mass is 9.97. The van der Waals surface area contributed by atoms with Crippen LogP contribution in [0.3, 0.4) is 0 Å². The Hall–Kier alpha value is -1.31. The van der Waals surface area contributed by atoms with E-state index in [1.54, 1.807) is 6.07 Å². The van der Waals surface area contributed by atoms with Crippen LogP contribution in [0, 0.1) is 5.92 Å². The first-order valence-corrected chi connectivity index (χ1v) is 8.25. The number of likely N-dealkylation sites (tertiary alicyclic amines) is 1. The number of nitrogens with one attached hydrogen (secondary N) is 1. The topological polar surface area (TPSA) is 101 Å². The predicted molar refractivity (Wildman–Crippen MR) is 80.9 cm³/mol. The van der Waals surface area contributed by atoms with Gasteiger partial charge in [0, 0.05) is 6.54 Å². The molecular weight excluding hydrogens is 276 g/mol. The van der Waals surface area contributed by atoms with Gasteiger partial charge in [-0.15, -0.1) is 0 Å². The van der Waals surface area contributed by atoms with E-state index in [1.165, 1.54) is 25.0 Å². The van der Waals surface area contributed by atoms with Crippen molar-refractivity contribution in [3.63, 3.8) is 0 Å². The van der Waals surface area contributed by atoms with Gasteiger partial charge in [-0.3, -0.25) is 0 Å². The third kappa shape index (κ3) is 3.84. The molecule has 5 N–H and O–H groups in total. The molecule has 7 heteroatoms. The summed E-state index contributed by atoms with van der Waals surface area (Å²) in [7, 11) is -1.56. The third-order valence-electron chi connectivity index (χ3n) is 3.77. The highest BCUT2D eigenvalue weighted by Crippen LogP contribution is 2.23. The summed E-state index contributed by atoms with van der Waals surface area (Å²) in [5.41, 5.74) is 7.03. The lowest BCUT2D eigenvalue weighted by Gasteiger charge is -2.29. The molecule has 1 aliphatic heterocycles. The van der Waals surface area contributed by atoms with Crippen LogP contribution in [-0.2, 0) is 10.0 Å². The van der Waals surface area contributed by atoms with E-state index >= 15 is 0 Å². The van der Waals surface area contributed by atoms with Crippen LogP contribution in [0.25, 0.3) is 0 Å². The molecule has 0 aliphatic carbocycles. The Morgan fingerprint density at radius 3 is 2.55 bits per heavy atom. The van der Waals surface area contributed by atoms with Gasteiger partial charge >= 0.3 is 0 Å². The molecule has 1 aromatic carbocycles. The third-order valence-corrected chi connectivity index (χ3v) is 4.68. The molecule has 0 amide bonds. The van der Waals surface area contributed by atoms with Crippen LogP contribution in [0.1, 0.15) is 12.8 Å². The van der Waals surface area contributed by atoms with Crippen molar-refractivity contribution in [1.82, 2.24) is 4.90 Å². The summed E-state index contributed by atoms with van der Waals surface area (Å²) in [6.07, 6.45) is 2.33. The van der Waals surface area contributed by atoms with E-state index in [0.29, 0.717) is 11.6 Å². The fourth-order valence-corrected chi connectivity index (χ4v) is 2.95. The normalized spacial score (nSPS) is 18.1. The summed E-state index contributed by atoms with van der Waals surface area (Å²) in [6.45, 7) is 3.09. The molecule has 1 aliphatic rings. The van der Waals surface area contributed by atoms with Crippen LogP contribution < -0.4 is 16.2 Å². The van der Waals surface area contributed by atoms with Crippen LogP contribution in [0.2, 0.25) is 0 Å². The SMILES string of the molecule is CN1CCC(CNc2ccc(S(N)(=O)=O)cc2N)CC1. The minimum Gasteiger partial charge on any atom is -0.397 e. The van der Waals surface area contributed by atoms with Gasteiger partial charge in [0.2, 0.25) is 10.0 Å². The first-order chi connectivity index (χ1) is 9.36. The van der Waals surface area contributed by atoms with Gasteiger partial charge in [-0.25, -0.2) is 13.6 Å². The summed E-state index contributed by atoms with van der Waals surface area (Å²) in [6, 6.07) is 4.54. The van der Waals surface area contributed by atoms with Crippen LogP contribution in [0.15, 0.2) is 23.1 Å². The molecule has 0 bridgehead atoms. The molecular formula is C13H22N4O2S. The molecule has 1 saturated heterocycles. The molecule has 1 fully saturated rings. The van der Waals surface area contributed by atoms with Gasteiger partial charge < -0.3 is 16.0 Å². The molecule has 0 aromatic heterocycles. The van der Waals surface area contributed by atoms with E-state index in [0.717, 1.165) is 25.3 Å². The maximum absolute atomic E-state index is 11.2. The number of nitrogens with two attached hydrogens (primary N) is 2. The zero-order valence-electron chi connectivity index (χ0n) is 11.7. The molecule has 0 atom stereocenters. The fraction of sp³-hybridized carbons (Fsp3) is 0.538. The maximum atomic E-state index is 11.2. The lowest BCUT2D eigenvalue weighted by molar-refractivity contribution is 0.226. The Balaban J connectivity index is 1.97. The van der Waals surface area contributed by atoms with Gasteiger partial charge in [0.1, 0.15) is 0 Å². The average Bonchev–Trinajstić information content (AvgIpc) is 2.38. The second-order valence-electron chi connectivity index (χ2n) is 5.42. The van der Waals surface area contributed by atoms with Crippen molar-refractivity contribution in [2.45, 2.75) is 17.7 Å². The van der Waals surface area contributed by atoms with E-state index in [1.807, 2.05) is 0 Å². The number of benzene rings is 1. The molecule has 20 heavy (non-hydrogen) atoms. The Bertz CT molecular complexity index is 566. The van der Waals surface area contributed by atoms with E-state index in [4.69, 9.17) is 10.9 Å². The molecule has 2 rings (SSSR count). The van der Waals surface area contributed by atoms with Gasteiger partial charge in [-0.2, -0.15) is 0 Å². The number of hydrogen-bond acceptors (Lipinski definition) is 5. The van der Waals surface area contributed by atoms with Crippen molar-refractivity contribution in [1.29, 1.82) is 0 Å². The summed E-state index contributed by atoms with van der Waals surface area (Å²) < 4.78 is 22.5.